The number of phenolic OH excluding ortho intramolecular Hbond substituents is 1. The number of nitrogens with one attached hydrogen (secondary N) is 1. The summed E-state index contributed by atoms with van der Waals surface area (Å²) in [5, 5.41) is 30.7. The van der Waals surface area contributed by atoms with Gasteiger partial charge < -0.3 is 25.0 Å². The van der Waals surface area contributed by atoms with Crippen molar-refractivity contribution >= 4 is 11.6 Å². The molecule has 2 rings (SSSR count). The number of nitriles is 1. The molecule has 0 heterocycles. The normalized spacial score (nSPS) is 9.92. The molecule has 0 aliphatic rings. The molecule has 0 fully saturated rings. The zero-order valence-electron chi connectivity index (χ0n) is 13.2. The first kappa shape index (κ1) is 17.1. The van der Waals surface area contributed by atoms with E-state index in [-0.39, 0.29) is 35.0 Å². The van der Waals surface area contributed by atoms with Gasteiger partial charge in [0.25, 0.3) is 5.91 Å². The molecule has 0 radical (unpaired) electrons. The van der Waals surface area contributed by atoms with E-state index >= 15 is 0 Å². The summed E-state index contributed by atoms with van der Waals surface area (Å²) in [4.78, 5) is 12.3. The molecule has 0 bridgehead atoms. The van der Waals surface area contributed by atoms with Crippen molar-refractivity contribution in [1.29, 1.82) is 5.26 Å². The van der Waals surface area contributed by atoms with Crippen LogP contribution >= 0.6 is 0 Å². The quantitative estimate of drug-likeness (QED) is 0.724. The van der Waals surface area contributed by atoms with Crippen molar-refractivity contribution in [3.8, 4) is 23.3 Å². The molecule has 1 amide bonds. The fourth-order valence-electron chi connectivity index (χ4n) is 2.13. The average molecular weight is 328 g/mol. The fraction of sp³-hybridized carbons (Fsp3) is 0.176. The number of benzene rings is 2. The number of rotatable bonds is 5. The number of aliphatic hydroxyl groups is 1. The number of aromatic hydroxyl groups is 1. The maximum Gasteiger partial charge on any atom is 0.255 e. The first-order chi connectivity index (χ1) is 11.5. The molecule has 7 heteroatoms. The number of carbonyl (C=O) groups is 1. The number of nitrogens with zero attached hydrogens (tertiary/aromatic N) is 1. The molecule has 0 spiro atoms. The Morgan fingerprint density at radius 1 is 1.21 bits per heavy atom. The Morgan fingerprint density at radius 2 is 1.83 bits per heavy atom. The number of hydrogen-bond donors (Lipinski definition) is 3. The Bertz CT molecular complexity index is 786. The Morgan fingerprint density at radius 3 is 2.33 bits per heavy atom. The minimum atomic E-state index is -0.453. The van der Waals surface area contributed by atoms with Gasteiger partial charge in [-0.2, -0.15) is 5.26 Å². The van der Waals surface area contributed by atoms with E-state index in [4.69, 9.17) is 19.8 Å². The van der Waals surface area contributed by atoms with Crippen molar-refractivity contribution in [2.45, 2.75) is 6.61 Å². The van der Waals surface area contributed by atoms with Crippen LogP contribution in [-0.4, -0.2) is 30.3 Å². The summed E-state index contributed by atoms with van der Waals surface area (Å²) >= 11 is 0. The Kier molecular flexibility index (Phi) is 5.24. The molecule has 0 aliphatic heterocycles. The van der Waals surface area contributed by atoms with Crippen LogP contribution in [-0.2, 0) is 6.61 Å². The molecule has 7 nitrogen and oxygen atoms in total. The standard InChI is InChI=1S/C17H16N2O5/c1-23-14-6-13(7-15(24-2)16(14)21)19-17(22)10-3-4-11(9-20)12(5-10)8-18/h3-7,20-21H,9H2,1-2H3,(H,19,22). The van der Waals surface area contributed by atoms with Gasteiger partial charge in [0.2, 0.25) is 5.75 Å². The molecule has 24 heavy (non-hydrogen) atoms. The van der Waals surface area contributed by atoms with Crippen LogP contribution in [0, 0.1) is 11.3 Å². The second-order valence-corrected chi connectivity index (χ2v) is 4.83. The Balaban J connectivity index is 2.32. The summed E-state index contributed by atoms with van der Waals surface area (Å²) in [6, 6.07) is 9.26. The summed E-state index contributed by atoms with van der Waals surface area (Å²) in [6.07, 6.45) is 0. The first-order valence-corrected chi connectivity index (χ1v) is 6.94. The lowest BCUT2D eigenvalue weighted by Gasteiger charge is -2.12. The van der Waals surface area contributed by atoms with E-state index in [1.54, 1.807) is 0 Å². The summed E-state index contributed by atoms with van der Waals surface area (Å²) in [5.41, 5.74) is 1.29. The lowest BCUT2D eigenvalue weighted by atomic mass is 10.0. The van der Waals surface area contributed by atoms with Crippen LogP contribution in [0.25, 0.3) is 0 Å². The molecule has 0 unspecified atom stereocenters. The minimum absolute atomic E-state index is 0.151. The summed E-state index contributed by atoms with van der Waals surface area (Å²) in [5.74, 6) is -0.321. The third-order valence-corrected chi connectivity index (χ3v) is 3.40. The highest BCUT2D eigenvalue weighted by molar-refractivity contribution is 6.04. The van der Waals surface area contributed by atoms with Crippen LogP contribution in [0.15, 0.2) is 30.3 Å². The summed E-state index contributed by atoms with van der Waals surface area (Å²) in [7, 11) is 2.76. The molecule has 0 saturated carbocycles. The van der Waals surface area contributed by atoms with Crippen molar-refractivity contribution in [3.05, 3.63) is 47.0 Å². The molecule has 124 valence electrons. The third-order valence-electron chi connectivity index (χ3n) is 3.40. The smallest absolute Gasteiger partial charge is 0.255 e. The Hall–Kier alpha value is -3.24. The van der Waals surface area contributed by atoms with Crippen molar-refractivity contribution in [2.24, 2.45) is 0 Å². The third kappa shape index (κ3) is 3.39. The lowest BCUT2D eigenvalue weighted by Crippen LogP contribution is -2.12. The number of methoxy groups -OCH3 is 2. The predicted octanol–water partition coefficient (Wildman–Crippen LogP) is 2.03. The van der Waals surface area contributed by atoms with Gasteiger partial charge in [-0.15, -0.1) is 0 Å². The number of amides is 1. The number of anilines is 1. The molecule has 0 aromatic heterocycles. The van der Waals surface area contributed by atoms with Crippen LogP contribution in [0.3, 0.4) is 0 Å². The van der Waals surface area contributed by atoms with Gasteiger partial charge in [-0.05, 0) is 17.7 Å². The van der Waals surface area contributed by atoms with Crippen LogP contribution in [0.2, 0.25) is 0 Å². The average Bonchev–Trinajstić information content (AvgIpc) is 2.62. The summed E-state index contributed by atoms with van der Waals surface area (Å²) in [6.45, 7) is -0.281. The van der Waals surface area contributed by atoms with Crippen molar-refractivity contribution in [2.75, 3.05) is 19.5 Å². The van der Waals surface area contributed by atoms with E-state index in [0.717, 1.165) is 0 Å². The van der Waals surface area contributed by atoms with Crippen LogP contribution in [0.5, 0.6) is 17.2 Å². The van der Waals surface area contributed by atoms with Gasteiger partial charge in [0.15, 0.2) is 11.5 Å². The van der Waals surface area contributed by atoms with E-state index in [0.29, 0.717) is 11.3 Å². The van der Waals surface area contributed by atoms with E-state index in [1.165, 1.54) is 44.6 Å². The number of aliphatic hydroxyl groups excluding tert-OH is 1. The van der Waals surface area contributed by atoms with E-state index in [1.807, 2.05) is 6.07 Å². The highest BCUT2D eigenvalue weighted by Gasteiger charge is 2.14. The molecule has 2 aromatic rings. The van der Waals surface area contributed by atoms with Crippen LogP contribution in [0.4, 0.5) is 5.69 Å². The van der Waals surface area contributed by atoms with E-state index < -0.39 is 5.91 Å². The molecule has 2 aromatic carbocycles. The highest BCUT2D eigenvalue weighted by atomic mass is 16.5. The monoisotopic (exact) mass is 328 g/mol. The van der Waals surface area contributed by atoms with E-state index in [2.05, 4.69) is 5.32 Å². The van der Waals surface area contributed by atoms with Gasteiger partial charge >= 0.3 is 0 Å². The lowest BCUT2D eigenvalue weighted by molar-refractivity contribution is 0.102. The van der Waals surface area contributed by atoms with Crippen molar-refractivity contribution in [3.63, 3.8) is 0 Å². The van der Waals surface area contributed by atoms with E-state index in [9.17, 15) is 9.90 Å². The molecular formula is C17H16N2O5. The van der Waals surface area contributed by atoms with Gasteiger partial charge in [-0.1, -0.05) is 6.07 Å². The summed E-state index contributed by atoms with van der Waals surface area (Å²) < 4.78 is 10.1. The zero-order valence-corrected chi connectivity index (χ0v) is 13.2. The molecule has 0 aliphatic carbocycles. The molecule has 3 N–H and O–H groups in total. The van der Waals surface area contributed by atoms with Crippen molar-refractivity contribution in [1.82, 2.24) is 0 Å². The molecule has 0 saturated heterocycles. The maximum atomic E-state index is 12.3. The van der Waals surface area contributed by atoms with Gasteiger partial charge in [-0.3, -0.25) is 4.79 Å². The Labute approximate surface area is 138 Å². The zero-order chi connectivity index (χ0) is 17.7. The van der Waals surface area contributed by atoms with Gasteiger partial charge in [0, 0.05) is 23.4 Å². The number of phenols is 1. The molecule has 0 atom stereocenters. The SMILES string of the molecule is COc1cc(NC(=O)c2ccc(CO)c(C#N)c2)cc(OC)c1O. The second-order valence-electron chi connectivity index (χ2n) is 4.83. The first-order valence-electron chi connectivity index (χ1n) is 6.94. The van der Waals surface area contributed by atoms with Gasteiger partial charge in [-0.25, -0.2) is 0 Å². The van der Waals surface area contributed by atoms with Crippen LogP contribution in [0.1, 0.15) is 21.5 Å². The van der Waals surface area contributed by atoms with Gasteiger partial charge in [0.05, 0.1) is 32.5 Å². The predicted molar refractivity (Wildman–Crippen MR) is 86.2 cm³/mol. The fourth-order valence-corrected chi connectivity index (χ4v) is 2.13. The van der Waals surface area contributed by atoms with Crippen molar-refractivity contribution < 1.29 is 24.5 Å². The largest absolute Gasteiger partial charge is 0.502 e. The topological polar surface area (TPSA) is 112 Å². The maximum absolute atomic E-state index is 12.3. The number of hydrogen-bond acceptors (Lipinski definition) is 6. The number of carbonyl (C=O) groups excluding carboxylic acids is 1. The number of ether oxygens (including phenoxy) is 2. The van der Waals surface area contributed by atoms with Gasteiger partial charge in [0.1, 0.15) is 0 Å². The minimum Gasteiger partial charge on any atom is -0.502 e. The molecular weight excluding hydrogens is 312 g/mol. The van der Waals surface area contributed by atoms with Crippen LogP contribution < -0.4 is 14.8 Å². The second kappa shape index (κ2) is 7.35. The highest BCUT2D eigenvalue weighted by Crippen LogP contribution is 2.39.